The van der Waals surface area contributed by atoms with Gasteiger partial charge in [0.05, 0.1) is 5.52 Å². The molecular weight excluding hydrogens is 611 g/mol. The molecule has 3 aromatic rings. The van der Waals surface area contributed by atoms with Gasteiger partial charge in [-0.25, -0.2) is 0 Å². The van der Waals surface area contributed by atoms with Crippen molar-refractivity contribution in [3.63, 3.8) is 0 Å². The van der Waals surface area contributed by atoms with Crippen molar-refractivity contribution in [2.24, 2.45) is 10.8 Å². The second kappa shape index (κ2) is 11.6. The zero-order valence-corrected chi connectivity index (χ0v) is 25.5. The number of aliphatic hydroxyl groups is 1. The first-order valence-electron chi connectivity index (χ1n) is 11.8. The number of fused-ring (bicyclic) bond motifs is 1. The van der Waals surface area contributed by atoms with Crippen molar-refractivity contribution < 1.29 is 30.0 Å². The Morgan fingerprint density at radius 2 is 1.49 bits per heavy atom. The molecule has 3 rings (SSSR count). The van der Waals surface area contributed by atoms with E-state index in [1.54, 1.807) is 0 Å². The number of benzene rings is 2. The predicted molar refractivity (Wildman–Crippen MR) is 144 cm³/mol. The molecule has 0 unspecified atom stereocenters. The maximum atomic E-state index is 11.5. The second-order valence-electron chi connectivity index (χ2n) is 11.4. The van der Waals surface area contributed by atoms with Gasteiger partial charge in [-0.15, -0.1) is 34.4 Å². The Hall–Kier alpha value is -2.29. The Balaban J connectivity index is 0.000000383. The standard InChI is InChI=1S/C20H20N.C11H20O2.Ir/c1-12-6-7-18-15(4)11-19(21-20(18)8-12)17-9-13(2)16(5)14(3)10-17;1-10(2,3)8(12)7-9(13)11(4,5)6;/h6-9,11H,1-5H3;7,12H,1-6H3;/q-1;;/b;8-7-;. The molecule has 0 atom stereocenters. The topological polar surface area (TPSA) is 50.2 Å². The first kappa shape index (κ1) is 30.7. The van der Waals surface area contributed by atoms with Gasteiger partial charge in [0.1, 0.15) is 5.76 Å². The molecule has 1 heterocycles. The molecular formula is C31H40IrNO2-. The zero-order chi connectivity index (χ0) is 26.0. The Morgan fingerprint density at radius 3 is 2.00 bits per heavy atom. The fraction of sp³-hybridized carbons (Fsp3) is 0.419. The van der Waals surface area contributed by atoms with Gasteiger partial charge in [-0.05, 0) is 36.7 Å². The first-order valence-corrected chi connectivity index (χ1v) is 11.8. The fourth-order valence-electron chi connectivity index (χ4n) is 3.30. The minimum Gasteiger partial charge on any atom is -0.512 e. The number of carbonyl (C=O) groups excluding carboxylic acids is 1. The maximum Gasteiger partial charge on any atom is 0.164 e. The van der Waals surface area contributed by atoms with Crippen LogP contribution in [0.4, 0.5) is 0 Å². The third-order valence-corrected chi connectivity index (χ3v) is 6.06. The Kier molecular flexibility index (Phi) is 10.2. The van der Waals surface area contributed by atoms with E-state index in [1.165, 1.54) is 39.3 Å². The van der Waals surface area contributed by atoms with E-state index in [1.807, 2.05) is 41.5 Å². The van der Waals surface area contributed by atoms with Crippen molar-refractivity contribution in [2.45, 2.75) is 76.2 Å². The normalized spacial score (nSPS) is 12.0. The number of carbonyl (C=O) groups is 1. The molecule has 0 aliphatic rings. The number of rotatable bonds is 2. The first-order chi connectivity index (χ1) is 15.5. The minimum atomic E-state index is -0.417. The van der Waals surface area contributed by atoms with Crippen LogP contribution in [-0.4, -0.2) is 15.9 Å². The van der Waals surface area contributed by atoms with Crippen LogP contribution in [0.3, 0.4) is 0 Å². The van der Waals surface area contributed by atoms with Crippen LogP contribution >= 0.6 is 0 Å². The molecule has 0 aliphatic carbocycles. The third kappa shape index (κ3) is 8.12. The summed E-state index contributed by atoms with van der Waals surface area (Å²) in [5.41, 5.74) is 8.71. The van der Waals surface area contributed by atoms with E-state index in [0.29, 0.717) is 0 Å². The summed E-state index contributed by atoms with van der Waals surface area (Å²) in [5.74, 6) is 0.104. The van der Waals surface area contributed by atoms with Gasteiger partial charge in [0.25, 0.3) is 0 Å². The van der Waals surface area contributed by atoms with Gasteiger partial charge >= 0.3 is 0 Å². The van der Waals surface area contributed by atoms with Crippen LogP contribution in [0.1, 0.15) is 69.4 Å². The van der Waals surface area contributed by atoms with Gasteiger partial charge < -0.3 is 5.11 Å². The smallest absolute Gasteiger partial charge is 0.164 e. The van der Waals surface area contributed by atoms with Crippen LogP contribution in [0.5, 0.6) is 0 Å². The molecule has 0 spiro atoms. The monoisotopic (exact) mass is 651 g/mol. The summed E-state index contributed by atoms with van der Waals surface area (Å²) in [6.07, 6.45) is 1.33. The molecule has 2 aromatic carbocycles. The van der Waals surface area contributed by atoms with Crippen molar-refractivity contribution >= 4 is 16.7 Å². The van der Waals surface area contributed by atoms with Gasteiger partial charge in [-0.2, -0.15) is 0 Å². The van der Waals surface area contributed by atoms with Crippen LogP contribution in [0.15, 0.2) is 42.2 Å². The minimum absolute atomic E-state index is 0. The fourth-order valence-corrected chi connectivity index (χ4v) is 3.30. The number of aliphatic hydroxyl groups excluding tert-OH is 1. The number of hydrogen-bond acceptors (Lipinski definition) is 3. The number of nitrogens with zero attached hydrogens (tertiary/aromatic N) is 1. The molecule has 1 aromatic heterocycles. The van der Waals surface area contributed by atoms with Crippen LogP contribution in [-0.2, 0) is 24.9 Å². The maximum absolute atomic E-state index is 11.5. The molecule has 0 bridgehead atoms. The molecule has 4 heteroatoms. The van der Waals surface area contributed by atoms with Crippen LogP contribution < -0.4 is 0 Å². The molecule has 191 valence electrons. The van der Waals surface area contributed by atoms with Gasteiger partial charge in [0.2, 0.25) is 0 Å². The van der Waals surface area contributed by atoms with Gasteiger partial charge in [-0.1, -0.05) is 80.5 Å². The summed E-state index contributed by atoms with van der Waals surface area (Å²) in [6, 6.07) is 14.3. The van der Waals surface area contributed by atoms with E-state index < -0.39 is 5.41 Å². The summed E-state index contributed by atoms with van der Waals surface area (Å²) in [7, 11) is 0. The second-order valence-corrected chi connectivity index (χ2v) is 11.4. The Bertz CT molecular complexity index is 1220. The van der Waals surface area contributed by atoms with Gasteiger partial charge in [0, 0.05) is 42.4 Å². The Morgan fingerprint density at radius 1 is 0.886 bits per heavy atom. The molecule has 1 N–H and O–H groups in total. The van der Waals surface area contributed by atoms with Crippen molar-refractivity contribution in [3.8, 4) is 11.3 Å². The van der Waals surface area contributed by atoms with Crippen LogP contribution in [0, 0.1) is 51.5 Å². The van der Waals surface area contributed by atoms with E-state index in [2.05, 4.69) is 71.0 Å². The van der Waals surface area contributed by atoms with Crippen LogP contribution in [0.2, 0.25) is 0 Å². The molecule has 0 fully saturated rings. The zero-order valence-electron chi connectivity index (χ0n) is 23.1. The SMILES string of the molecule is CC(C)(C)C(=O)/C=C(\O)C(C)(C)C.Cc1ccc2c(C)cc(-c3[c-]c(C)c(C)c(C)c3)nc2c1.[Ir]. The number of aromatic nitrogens is 1. The molecule has 0 amide bonds. The number of hydrogen-bond donors (Lipinski definition) is 1. The van der Waals surface area contributed by atoms with Gasteiger partial charge in [-0.3, -0.25) is 9.78 Å². The van der Waals surface area contributed by atoms with E-state index in [0.717, 1.165) is 16.8 Å². The van der Waals surface area contributed by atoms with Crippen LogP contribution in [0.25, 0.3) is 22.2 Å². The quantitative estimate of drug-likeness (QED) is 0.172. The summed E-state index contributed by atoms with van der Waals surface area (Å²) < 4.78 is 0. The molecule has 1 radical (unpaired) electrons. The number of aryl methyl sites for hydroxylation is 4. The van der Waals surface area contributed by atoms with Gasteiger partial charge in [0.15, 0.2) is 5.78 Å². The molecule has 0 saturated carbocycles. The average Bonchev–Trinajstić information content (AvgIpc) is 2.70. The molecule has 0 saturated heterocycles. The number of ketones is 1. The van der Waals surface area contributed by atoms with E-state index in [4.69, 9.17) is 4.98 Å². The predicted octanol–water partition coefficient (Wildman–Crippen LogP) is 8.33. The van der Waals surface area contributed by atoms with E-state index >= 15 is 0 Å². The molecule has 35 heavy (non-hydrogen) atoms. The van der Waals surface area contributed by atoms with Crippen molar-refractivity contribution in [1.29, 1.82) is 0 Å². The average molecular weight is 651 g/mol. The Labute approximate surface area is 225 Å². The summed E-state index contributed by atoms with van der Waals surface area (Å²) in [5, 5.41) is 10.8. The molecule has 3 nitrogen and oxygen atoms in total. The van der Waals surface area contributed by atoms with Crippen molar-refractivity contribution in [2.75, 3.05) is 0 Å². The van der Waals surface area contributed by atoms with E-state index in [-0.39, 0.29) is 37.1 Å². The summed E-state index contributed by atoms with van der Waals surface area (Å²) in [6.45, 7) is 21.8. The van der Waals surface area contributed by atoms with E-state index in [9.17, 15) is 9.90 Å². The largest absolute Gasteiger partial charge is 0.512 e. The summed E-state index contributed by atoms with van der Waals surface area (Å²) in [4.78, 5) is 16.3. The third-order valence-electron chi connectivity index (χ3n) is 6.06. The number of allylic oxidation sites excluding steroid dienone is 2. The summed E-state index contributed by atoms with van der Waals surface area (Å²) >= 11 is 0. The number of pyridine rings is 1. The van der Waals surface area contributed by atoms with Crippen molar-refractivity contribution in [3.05, 3.63) is 76.1 Å². The molecule has 0 aliphatic heterocycles. The van der Waals surface area contributed by atoms with Crippen molar-refractivity contribution in [1.82, 2.24) is 4.98 Å².